The maximum atomic E-state index is 13.4. The van der Waals surface area contributed by atoms with Crippen LogP contribution >= 0.6 is 11.8 Å². The standard InChI is InChI=1S/C29H24N2O5S/c1-34-23-13-10-20(11-14-23)28(32)30-21-8-5-9-24(16-21)37-27(19-6-3-2-4-7-19)29(33)31-22-12-15-25-26(17-22)36-18-35-25/h2-17,27H,18H2,1H3,(H,30,32)(H,31,33). The molecule has 4 aromatic carbocycles. The van der Waals surface area contributed by atoms with Crippen molar-refractivity contribution in [3.05, 3.63) is 108 Å². The maximum absolute atomic E-state index is 13.4. The predicted octanol–water partition coefficient (Wildman–Crippen LogP) is 6.15. The molecule has 5 rings (SSSR count). The lowest BCUT2D eigenvalue weighted by Gasteiger charge is -2.18. The van der Waals surface area contributed by atoms with Gasteiger partial charge in [0.1, 0.15) is 11.0 Å². The third-order valence-electron chi connectivity index (χ3n) is 5.68. The number of nitrogens with one attached hydrogen (secondary N) is 2. The highest BCUT2D eigenvalue weighted by Crippen LogP contribution is 2.39. The summed E-state index contributed by atoms with van der Waals surface area (Å²) >= 11 is 1.40. The average molecular weight is 513 g/mol. The SMILES string of the molecule is COc1ccc(C(=O)Nc2cccc(SC(C(=O)Nc3ccc4c(c3)OCO4)c3ccccc3)c2)cc1. The molecule has 0 saturated heterocycles. The first-order valence-corrected chi connectivity index (χ1v) is 12.4. The first-order chi connectivity index (χ1) is 18.1. The lowest BCUT2D eigenvalue weighted by molar-refractivity contribution is -0.115. The lowest BCUT2D eigenvalue weighted by atomic mass is 10.1. The van der Waals surface area contributed by atoms with Gasteiger partial charge in [-0.1, -0.05) is 36.4 Å². The number of thioether (sulfide) groups is 1. The minimum atomic E-state index is -0.529. The van der Waals surface area contributed by atoms with Gasteiger partial charge in [-0.05, 0) is 60.2 Å². The number of ether oxygens (including phenoxy) is 3. The molecule has 1 heterocycles. The van der Waals surface area contributed by atoms with Crippen molar-refractivity contribution in [2.45, 2.75) is 10.1 Å². The van der Waals surface area contributed by atoms with Gasteiger partial charge >= 0.3 is 0 Å². The molecule has 1 unspecified atom stereocenters. The zero-order valence-electron chi connectivity index (χ0n) is 20.0. The van der Waals surface area contributed by atoms with Gasteiger partial charge in [-0.25, -0.2) is 0 Å². The molecule has 37 heavy (non-hydrogen) atoms. The average Bonchev–Trinajstić information content (AvgIpc) is 3.40. The second kappa shape index (κ2) is 11.1. The van der Waals surface area contributed by atoms with E-state index >= 15 is 0 Å². The number of hydrogen-bond acceptors (Lipinski definition) is 6. The third kappa shape index (κ3) is 5.87. The number of amides is 2. The number of carbonyl (C=O) groups is 2. The number of hydrogen-bond donors (Lipinski definition) is 2. The maximum Gasteiger partial charge on any atom is 0.255 e. The molecule has 0 spiro atoms. The Kier molecular flexibility index (Phi) is 7.28. The summed E-state index contributed by atoms with van der Waals surface area (Å²) in [5.74, 6) is 1.52. The second-order valence-corrected chi connectivity index (χ2v) is 9.35. The van der Waals surface area contributed by atoms with Crippen molar-refractivity contribution in [1.29, 1.82) is 0 Å². The van der Waals surface area contributed by atoms with Crippen molar-refractivity contribution < 1.29 is 23.8 Å². The van der Waals surface area contributed by atoms with Crippen LogP contribution < -0.4 is 24.8 Å². The predicted molar refractivity (Wildman–Crippen MR) is 144 cm³/mol. The minimum absolute atomic E-state index is 0.167. The van der Waals surface area contributed by atoms with E-state index < -0.39 is 5.25 Å². The highest BCUT2D eigenvalue weighted by Gasteiger charge is 2.23. The van der Waals surface area contributed by atoms with Gasteiger partial charge in [-0.2, -0.15) is 0 Å². The van der Waals surface area contributed by atoms with E-state index in [1.165, 1.54) is 11.8 Å². The Bertz CT molecular complexity index is 1410. The van der Waals surface area contributed by atoms with Crippen LogP contribution in [0, 0.1) is 0 Å². The molecule has 0 saturated carbocycles. The fourth-order valence-electron chi connectivity index (χ4n) is 3.81. The van der Waals surface area contributed by atoms with Gasteiger partial charge in [-0.3, -0.25) is 9.59 Å². The van der Waals surface area contributed by atoms with Gasteiger partial charge < -0.3 is 24.8 Å². The van der Waals surface area contributed by atoms with Crippen LogP contribution in [0.3, 0.4) is 0 Å². The molecule has 2 N–H and O–H groups in total. The number of methoxy groups -OCH3 is 1. The number of anilines is 2. The Morgan fingerprint density at radius 1 is 0.811 bits per heavy atom. The summed E-state index contributed by atoms with van der Waals surface area (Å²) in [6.07, 6.45) is 0. The zero-order chi connectivity index (χ0) is 25.6. The summed E-state index contributed by atoms with van der Waals surface area (Å²) in [5.41, 5.74) is 2.63. The van der Waals surface area contributed by atoms with Crippen molar-refractivity contribution in [3.8, 4) is 17.2 Å². The molecule has 4 aromatic rings. The molecule has 186 valence electrons. The van der Waals surface area contributed by atoms with E-state index in [0.29, 0.717) is 34.2 Å². The highest BCUT2D eigenvalue weighted by atomic mass is 32.2. The highest BCUT2D eigenvalue weighted by molar-refractivity contribution is 8.00. The van der Waals surface area contributed by atoms with E-state index in [0.717, 1.165) is 10.5 Å². The van der Waals surface area contributed by atoms with Crippen molar-refractivity contribution >= 4 is 35.0 Å². The fraction of sp³-hybridized carbons (Fsp3) is 0.103. The van der Waals surface area contributed by atoms with Gasteiger partial charge in [0.25, 0.3) is 5.91 Å². The van der Waals surface area contributed by atoms with Gasteiger partial charge in [0.2, 0.25) is 12.7 Å². The molecule has 0 radical (unpaired) electrons. The number of fused-ring (bicyclic) bond motifs is 1. The molecule has 1 atom stereocenters. The molecular formula is C29H24N2O5S. The van der Waals surface area contributed by atoms with Crippen molar-refractivity contribution in [1.82, 2.24) is 0 Å². The van der Waals surface area contributed by atoms with Gasteiger partial charge in [0, 0.05) is 27.9 Å². The quantitative estimate of drug-likeness (QED) is 0.276. The first kappa shape index (κ1) is 24.3. The van der Waals surface area contributed by atoms with Crippen LogP contribution in [0.15, 0.2) is 102 Å². The summed E-state index contributed by atoms with van der Waals surface area (Å²) in [5, 5.41) is 5.39. The summed E-state index contributed by atoms with van der Waals surface area (Å²) in [7, 11) is 1.58. The van der Waals surface area contributed by atoms with E-state index in [1.807, 2.05) is 54.6 Å². The van der Waals surface area contributed by atoms with Gasteiger partial charge in [0.05, 0.1) is 7.11 Å². The number of benzene rings is 4. The molecule has 0 fully saturated rings. The zero-order valence-corrected chi connectivity index (χ0v) is 20.8. The largest absolute Gasteiger partial charge is 0.497 e. The summed E-state index contributed by atoms with van der Waals surface area (Å²) in [4.78, 5) is 27.0. The smallest absolute Gasteiger partial charge is 0.255 e. The molecule has 1 aliphatic heterocycles. The molecular weight excluding hydrogens is 488 g/mol. The van der Waals surface area contributed by atoms with E-state index in [2.05, 4.69) is 10.6 Å². The summed E-state index contributed by atoms with van der Waals surface area (Å²) in [6.45, 7) is 0.167. The van der Waals surface area contributed by atoms with Crippen LogP contribution in [0.1, 0.15) is 21.2 Å². The molecule has 0 aromatic heterocycles. The monoisotopic (exact) mass is 512 g/mol. The molecule has 0 aliphatic carbocycles. The minimum Gasteiger partial charge on any atom is -0.497 e. The molecule has 7 nitrogen and oxygen atoms in total. The molecule has 0 bridgehead atoms. The van der Waals surface area contributed by atoms with E-state index in [-0.39, 0.29) is 18.6 Å². The Labute approximate surface area is 218 Å². The molecule has 1 aliphatic rings. The Morgan fingerprint density at radius 2 is 1.57 bits per heavy atom. The number of rotatable bonds is 8. The van der Waals surface area contributed by atoms with Crippen LogP contribution in [-0.4, -0.2) is 25.7 Å². The second-order valence-electron chi connectivity index (χ2n) is 8.18. The molecule has 2 amide bonds. The van der Waals surface area contributed by atoms with Crippen molar-refractivity contribution in [3.63, 3.8) is 0 Å². The van der Waals surface area contributed by atoms with Gasteiger partial charge in [0.15, 0.2) is 11.5 Å². The van der Waals surface area contributed by atoms with Crippen LogP contribution in [0.2, 0.25) is 0 Å². The summed E-state index contributed by atoms with van der Waals surface area (Å²) in [6, 6.07) is 29.2. The van der Waals surface area contributed by atoms with Crippen LogP contribution in [-0.2, 0) is 4.79 Å². The van der Waals surface area contributed by atoms with Crippen molar-refractivity contribution in [2.24, 2.45) is 0 Å². The fourth-order valence-corrected chi connectivity index (χ4v) is 4.90. The topological polar surface area (TPSA) is 85.9 Å². The lowest BCUT2D eigenvalue weighted by Crippen LogP contribution is -2.19. The first-order valence-electron chi connectivity index (χ1n) is 11.6. The Morgan fingerprint density at radius 3 is 2.35 bits per heavy atom. The molecule has 8 heteroatoms. The van der Waals surface area contributed by atoms with Crippen LogP contribution in [0.4, 0.5) is 11.4 Å². The van der Waals surface area contributed by atoms with E-state index in [4.69, 9.17) is 14.2 Å². The normalized spacial score (nSPS) is 12.5. The van der Waals surface area contributed by atoms with Gasteiger partial charge in [-0.15, -0.1) is 11.8 Å². The number of carbonyl (C=O) groups excluding carboxylic acids is 2. The van der Waals surface area contributed by atoms with E-state index in [1.54, 1.807) is 49.6 Å². The van der Waals surface area contributed by atoms with Crippen LogP contribution in [0.5, 0.6) is 17.2 Å². The Hall–Kier alpha value is -4.43. The van der Waals surface area contributed by atoms with E-state index in [9.17, 15) is 9.59 Å². The van der Waals surface area contributed by atoms with Crippen molar-refractivity contribution in [2.75, 3.05) is 24.5 Å². The van der Waals surface area contributed by atoms with Crippen LogP contribution in [0.25, 0.3) is 0 Å². The summed E-state index contributed by atoms with van der Waals surface area (Å²) < 4.78 is 15.9. The Balaban J connectivity index is 1.33. The third-order valence-corrected chi connectivity index (χ3v) is 6.93.